The average molecular weight is 950 g/mol. The van der Waals surface area contributed by atoms with Gasteiger partial charge in [0, 0.05) is 36.5 Å². The van der Waals surface area contributed by atoms with Crippen LogP contribution < -0.4 is 6.23 Å². The summed E-state index contributed by atoms with van der Waals surface area (Å²) in [7, 11) is 0. The van der Waals surface area contributed by atoms with E-state index in [-0.39, 0.29) is 5.69 Å². The molecule has 0 radical (unpaired) electrons. The van der Waals surface area contributed by atoms with Crippen molar-refractivity contribution in [3.05, 3.63) is 131 Å². The van der Waals surface area contributed by atoms with Crippen molar-refractivity contribution >= 4 is 131 Å². The van der Waals surface area contributed by atoms with E-state index in [9.17, 15) is 18.4 Å². The SMILES string of the molecule is CCc1cc(-c2cccc(N(I)c3cccc4c3sc3c(CC)cccc34)c2C#N)cc2c1sc1c(N(I)c3ccccc3C(F)(F)F)cccc12. The van der Waals surface area contributed by atoms with Gasteiger partial charge < -0.3 is 0 Å². The van der Waals surface area contributed by atoms with E-state index in [1.54, 1.807) is 31.9 Å². The first kappa shape index (κ1) is 35.1. The number of thiophene rings is 2. The van der Waals surface area contributed by atoms with Crippen molar-refractivity contribution in [3.8, 4) is 17.2 Å². The lowest BCUT2D eigenvalue weighted by atomic mass is 9.94. The van der Waals surface area contributed by atoms with Gasteiger partial charge >= 0.3 is 6.18 Å². The van der Waals surface area contributed by atoms with Gasteiger partial charge in [-0.1, -0.05) is 80.6 Å². The van der Waals surface area contributed by atoms with Gasteiger partial charge in [0.25, 0.3) is 0 Å². The molecule has 8 aromatic rings. The number of hydrogen-bond acceptors (Lipinski definition) is 5. The predicted molar refractivity (Wildman–Crippen MR) is 231 cm³/mol. The molecule has 0 saturated carbocycles. The highest BCUT2D eigenvalue weighted by Crippen LogP contribution is 2.49. The van der Waals surface area contributed by atoms with Crippen LogP contribution in [0.4, 0.5) is 35.9 Å². The molecule has 0 saturated heterocycles. The second kappa shape index (κ2) is 13.8. The molecule has 0 bridgehead atoms. The van der Waals surface area contributed by atoms with Gasteiger partial charge in [-0.15, -0.1) is 22.7 Å². The van der Waals surface area contributed by atoms with E-state index in [1.807, 2.05) is 59.3 Å². The number of halogens is 5. The van der Waals surface area contributed by atoms with Gasteiger partial charge in [-0.25, -0.2) is 0 Å². The standard InChI is InChI=1S/C42H28F3I2N3S2/c1-3-24-11-7-13-28-29-14-9-19-36(40(29)51-38(24)28)49(46)34-18-8-12-27(32(34)23-48)26-21-25(4-2)39-31(22-26)30-15-10-20-37(41(30)52-39)50(47)35-17-6-5-16-33(35)42(43,44)45/h5-22H,3-4H2,1-2H3. The highest BCUT2D eigenvalue weighted by molar-refractivity contribution is 14.1. The summed E-state index contributed by atoms with van der Waals surface area (Å²) in [6.45, 7) is 4.29. The van der Waals surface area contributed by atoms with Crippen molar-refractivity contribution in [1.29, 1.82) is 5.26 Å². The number of hydrogen-bond donors (Lipinski definition) is 0. The maximum Gasteiger partial charge on any atom is 0.418 e. The molecule has 6 aromatic carbocycles. The topological polar surface area (TPSA) is 30.3 Å². The Balaban J connectivity index is 1.27. The minimum absolute atomic E-state index is 0.0907. The highest BCUT2D eigenvalue weighted by atomic mass is 127. The van der Waals surface area contributed by atoms with Crippen LogP contribution in [0.2, 0.25) is 0 Å². The van der Waals surface area contributed by atoms with Crippen LogP contribution in [0.25, 0.3) is 51.5 Å². The molecule has 10 heteroatoms. The van der Waals surface area contributed by atoms with E-state index in [0.717, 1.165) is 67.1 Å². The molecule has 0 spiro atoms. The maximum atomic E-state index is 14.0. The van der Waals surface area contributed by atoms with Crippen molar-refractivity contribution < 1.29 is 13.2 Å². The number of benzene rings is 6. The molecule has 0 amide bonds. The number of rotatable bonds is 7. The maximum absolute atomic E-state index is 14.0. The van der Waals surface area contributed by atoms with Gasteiger partial charge in [0.15, 0.2) is 0 Å². The molecule has 2 heterocycles. The third-order valence-corrected chi connectivity index (χ3v) is 14.2. The monoisotopic (exact) mass is 949 g/mol. The third-order valence-electron chi connectivity index (χ3n) is 9.52. The largest absolute Gasteiger partial charge is 0.418 e. The first-order valence-corrected chi connectivity index (χ1v) is 20.2. The van der Waals surface area contributed by atoms with Crippen LogP contribution in [0.3, 0.4) is 0 Å². The molecule has 52 heavy (non-hydrogen) atoms. The molecule has 0 fully saturated rings. The van der Waals surface area contributed by atoms with Crippen LogP contribution in [0.1, 0.15) is 36.1 Å². The zero-order valence-corrected chi connectivity index (χ0v) is 33.8. The zero-order valence-electron chi connectivity index (χ0n) is 27.9. The fourth-order valence-corrected chi connectivity index (χ4v) is 11.7. The molecule has 0 atom stereocenters. The van der Waals surface area contributed by atoms with Crippen LogP contribution in [0.15, 0.2) is 109 Å². The molecule has 8 rings (SSSR count). The molecule has 2 aromatic heterocycles. The van der Waals surface area contributed by atoms with Gasteiger partial charge in [0.1, 0.15) is 6.07 Å². The fraction of sp³-hybridized carbons (Fsp3) is 0.119. The second-order valence-electron chi connectivity index (χ2n) is 12.4. The average Bonchev–Trinajstić information content (AvgIpc) is 3.75. The Bertz CT molecular complexity index is 2730. The summed E-state index contributed by atoms with van der Waals surface area (Å²) in [6.07, 6.45) is -2.77. The predicted octanol–water partition coefficient (Wildman–Crippen LogP) is 15.1. The van der Waals surface area contributed by atoms with Crippen LogP contribution in [0, 0.1) is 11.3 Å². The van der Waals surface area contributed by atoms with E-state index in [2.05, 4.69) is 94.4 Å². The third kappa shape index (κ3) is 5.80. The number of para-hydroxylation sites is 1. The molecule has 0 unspecified atom stereocenters. The van der Waals surface area contributed by atoms with Crippen molar-refractivity contribution in [3.63, 3.8) is 0 Å². The number of alkyl halides is 3. The molecule has 0 aliphatic rings. The Morgan fingerprint density at radius 2 is 1.12 bits per heavy atom. The van der Waals surface area contributed by atoms with E-state index in [0.29, 0.717) is 11.3 Å². The smallest absolute Gasteiger partial charge is 0.281 e. The first-order chi connectivity index (χ1) is 25.1. The second-order valence-corrected chi connectivity index (χ2v) is 16.4. The van der Waals surface area contributed by atoms with Gasteiger partial charge in [-0.05, 0) is 72.0 Å². The summed E-state index contributed by atoms with van der Waals surface area (Å²) >= 11 is 7.70. The molecule has 3 nitrogen and oxygen atoms in total. The highest BCUT2D eigenvalue weighted by Gasteiger charge is 2.35. The fourth-order valence-electron chi connectivity index (χ4n) is 7.03. The van der Waals surface area contributed by atoms with Crippen LogP contribution >= 0.6 is 68.4 Å². The lowest BCUT2D eigenvalue weighted by molar-refractivity contribution is -0.137. The molecule has 0 aliphatic heterocycles. The number of aryl methyl sites for hydroxylation is 2. The molecule has 0 N–H and O–H groups in total. The number of nitrogens with zero attached hydrogens (tertiary/aromatic N) is 3. The van der Waals surface area contributed by atoms with E-state index < -0.39 is 11.7 Å². The zero-order chi connectivity index (χ0) is 36.3. The minimum atomic E-state index is -4.48. The summed E-state index contributed by atoms with van der Waals surface area (Å²) in [4.78, 5) is 0. The summed E-state index contributed by atoms with van der Waals surface area (Å²) in [5, 5.41) is 15.2. The van der Waals surface area contributed by atoms with Gasteiger partial charge in [-0.2, -0.15) is 18.4 Å². The Hall–Kier alpha value is -3.90. The lowest BCUT2D eigenvalue weighted by Gasteiger charge is -2.22. The van der Waals surface area contributed by atoms with E-state index in [4.69, 9.17) is 0 Å². The van der Waals surface area contributed by atoms with E-state index in [1.165, 1.54) is 37.9 Å². The van der Waals surface area contributed by atoms with E-state index >= 15 is 0 Å². The summed E-state index contributed by atoms with van der Waals surface area (Å²) in [5.74, 6) is 0. The van der Waals surface area contributed by atoms with Crippen LogP contribution in [-0.4, -0.2) is 0 Å². The van der Waals surface area contributed by atoms with Crippen LogP contribution in [-0.2, 0) is 19.0 Å². The van der Waals surface area contributed by atoms with Crippen molar-refractivity contribution in [2.75, 3.05) is 6.23 Å². The van der Waals surface area contributed by atoms with Gasteiger partial charge in [-0.3, -0.25) is 6.23 Å². The first-order valence-electron chi connectivity index (χ1n) is 16.7. The summed E-state index contributed by atoms with van der Waals surface area (Å²) in [6, 6.07) is 37.2. The van der Waals surface area contributed by atoms with Crippen molar-refractivity contribution in [2.45, 2.75) is 32.9 Å². The normalized spacial score (nSPS) is 11.9. The number of fused-ring (bicyclic) bond motifs is 6. The summed E-state index contributed by atoms with van der Waals surface area (Å²) in [5.41, 5.74) is 6.74. The molecular weight excluding hydrogens is 921 g/mol. The number of anilines is 4. The lowest BCUT2D eigenvalue weighted by Crippen LogP contribution is -2.12. The summed E-state index contributed by atoms with van der Waals surface area (Å²) < 4.78 is 50.3. The Morgan fingerprint density at radius 3 is 1.75 bits per heavy atom. The van der Waals surface area contributed by atoms with Crippen molar-refractivity contribution in [1.82, 2.24) is 0 Å². The molecule has 258 valence electrons. The van der Waals surface area contributed by atoms with Crippen molar-refractivity contribution in [2.24, 2.45) is 0 Å². The van der Waals surface area contributed by atoms with Crippen LogP contribution in [0.5, 0.6) is 0 Å². The molecular formula is C42H28F3I2N3S2. The number of nitriles is 1. The van der Waals surface area contributed by atoms with Gasteiger partial charge in [0.2, 0.25) is 0 Å². The Kier molecular flexibility index (Phi) is 9.34. The van der Waals surface area contributed by atoms with Gasteiger partial charge in [0.05, 0.1) is 89.0 Å². The Morgan fingerprint density at radius 1 is 0.596 bits per heavy atom. The minimum Gasteiger partial charge on any atom is -0.281 e. The quantitative estimate of drug-likeness (QED) is 0.118. The Labute approximate surface area is 334 Å². The molecule has 0 aliphatic carbocycles.